The molecule has 1 N–H and O–H groups in total. The molecule has 0 aromatic heterocycles. The Hall–Kier alpha value is -1.84. The summed E-state index contributed by atoms with van der Waals surface area (Å²) < 4.78 is 0. The average molecular weight is 351 g/mol. The number of piperidine rings is 1. The Morgan fingerprint density at radius 2 is 1.58 bits per heavy atom. The van der Waals surface area contributed by atoms with Gasteiger partial charge in [-0.3, -0.25) is 9.80 Å². The molecule has 0 aliphatic carbocycles. The predicted molar refractivity (Wildman–Crippen MR) is 106 cm³/mol. The van der Waals surface area contributed by atoms with Crippen LogP contribution in [0.15, 0.2) is 48.5 Å². The lowest BCUT2D eigenvalue weighted by Crippen LogP contribution is -2.44. The first-order valence-corrected chi connectivity index (χ1v) is 9.89. The molecule has 0 radical (unpaired) electrons. The molecule has 2 heterocycles. The van der Waals surface area contributed by atoms with Gasteiger partial charge in [0.25, 0.3) is 0 Å². The molecule has 1 atom stereocenters. The lowest BCUT2D eigenvalue weighted by molar-refractivity contribution is 0.0866. The van der Waals surface area contributed by atoms with Gasteiger partial charge in [0.1, 0.15) is 5.75 Å². The normalized spacial score (nSPS) is 24.3. The Morgan fingerprint density at radius 1 is 0.885 bits per heavy atom. The van der Waals surface area contributed by atoms with Crippen molar-refractivity contribution in [1.82, 2.24) is 9.80 Å². The molecule has 1 spiro atoms. The van der Waals surface area contributed by atoms with E-state index in [4.69, 9.17) is 0 Å². The highest BCUT2D eigenvalue weighted by Crippen LogP contribution is 2.39. The maximum Gasteiger partial charge on any atom is 0.115 e. The molecule has 26 heavy (non-hydrogen) atoms. The molecule has 2 aromatic rings. The van der Waals surface area contributed by atoms with Crippen molar-refractivity contribution in [2.75, 3.05) is 26.2 Å². The van der Waals surface area contributed by atoms with Crippen LogP contribution in [-0.2, 0) is 13.1 Å². The molecule has 1 unspecified atom stereocenters. The number of phenols is 1. The number of likely N-dealkylation sites (tertiary alicyclic amines) is 2. The lowest BCUT2D eigenvalue weighted by Gasteiger charge is -2.40. The molecule has 4 rings (SSSR count). The van der Waals surface area contributed by atoms with Gasteiger partial charge in [-0.25, -0.2) is 0 Å². The van der Waals surface area contributed by atoms with Gasteiger partial charge in [0.05, 0.1) is 0 Å². The van der Waals surface area contributed by atoms with Crippen LogP contribution in [0.2, 0.25) is 0 Å². The third kappa shape index (κ3) is 4.11. The maximum absolute atomic E-state index is 9.70. The van der Waals surface area contributed by atoms with E-state index in [2.05, 4.69) is 47.1 Å². The van der Waals surface area contributed by atoms with Crippen LogP contribution in [0.25, 0.3) is 0 Å². The van der Waals surface area contributed by atoms with Crippen molar-refractivity contribution < 1.29 is 5.11 Å². The second kappa shape index (κ2) is 7.42. The minimum absolute atomic E-state index is 0.374. The maximum atomic E-state index is 9.70. The third-order valence-electron chi connectivity index (χ3n) is 6.06. The lowest BCUT2D eigenvalue weighted by atomic mass is 9.79. The molecular weight excluding hydrogens is 320 g/mol. The molecule has 3 heteroatoms. The van der Waals surface area contributed by atoms with Gasteiger partial charge in [-0.1, -0.05) is 42.0 Å². The fourth-order valence-electron chi connectivity index (χ4n) is 4.92. The van der Waals surface area contributed by atoms with Crippen LogP contribution < -0.4 is 0 Å². The third-order valence-corrected chi connectivity index (χ3v) is 6.06. The average Bonchev–Trinajstić information content (AvgIpc) is 2.97. The van der Waals surface area contributed by atoms with Gasteiger partial charge < -0.3 is 5.11 Å². The fraction of sp³-hybridized carbons (Fsp3) is 0.478. The van der Waals surface area contributed by atoms with E-state index in [-0.39, 0.29) is 0 Å². The van der Waals surface area contributed by atoms with Crippen LogP contribution in [0.4, 0.5) is 0 Å². The van der Waals surface area contributed by atoms with E-state index in [9.17, 15) is 5.11 Å². The van der Waals surface area contributed by atoms with Gasteiger partial charge in [-0.2, -0.15) is 0 Å². The molecule has 0 saturated carbocycles. The van der Waals surface area contributed by atoms with Crippen LogP contribution >= 0.6 is 0 Å². The van der Waals surface area contributed by atoms with Gasteiger partial charge in [-0.15, -0.1) is 0 Å². The van der Waals surface area contributed by atoms with Crippen molar-refractivity contribution in [2.45, 2.75) is 39.3 Å². The van der Waals surface area contributed by atoms with E-state index >= 15 is 0 Å². The predicted octanol–water partition coefficient (Wildman–Crippen LogP) is 4.19. The summed E-state index contributed by atoms with van der Waals surface area (Å²) >= 11 is 0. The van der Waals surface area contributed by atoms with E-state index < -0.39 is 0 Å². The highest BCUT2D eigenvalue weighted by atomic mass is 16.3. The zero-order valence-electron chi connectivity index (χ0n) is 15.8. The molecule has 0 bridgehead atoms. The van der Waals surface area contributed by atoms with Crippen molar-refractivity contribution in [1.29, 1.82) is 0 Å². The second-order valence-corrected chi connectivity index (χ2v) is 8.43. The summed E-state index contributed by atoms with van der Waals surface area (Å²) in [5, 5.41) is 9.70. The number of phenolic OH excluding ortho intramolecular Hbond substituents is 1. The van der Waals surface area contributed by atoms with Gasteiger partial charge in [0, 0.05) is 26.2 Å². The Bertz CT molecular complexity index is 759. The van der Waals surface area contributed by atoms with Crippen LogP contribution in [0.1, 0.15) is 36.0 Å². The van der Waals surface area contributed by atoms with Crippen LogP contribution in [-0.4, -0.2) is 41.1 Å². The highest BCUT2D eigenvalue weighted by molar-refractivity contribution is 5.27. The van der Waals surface area contributed by atoms with Crippen molar-refractivity contribution in [3.05, 3.63) is 65.2 Å². The molecular formula is C23H30N2O. The summed E-state index contributed by atoms with van der Waals surface area (Å²) in [6, 6.07) is 16.7. The van der Waals surface area contributed by atoms with E-state index in [1.807, 2.05) is 12.1 Å². The van der Waals surface area contributed by atoms with Crippen LogP contribution in [0, 0.1) is 12.3 Å². The van der Waals surface area contributed by atoms with Crippen molar-refractivity contribution in [3.8, 4) is 5.75 Å². The molecule has 3 nitrogen and oxygen atoms in total. The minimum Gasteiger partial charge on any atom is -0.508 e. The first-order valence-electron chi connectivity index (χ1n) is 9.89. The van der Waals surface area contributed by atoms with Gasteiger partial charge in [0.15, 0.2) is 0 Å². The molecule has 2 aliphatic heterocycles. The smallest absolute Gasteiger partial charge is 0.115 e. The standard InChI is InChI=1S/C23H30N2O/c1-19-5-2-6-20(13-19)15-24-11-4-9-23(17-24)10-12-25(18-23)16-21-7-3-8-22(26)14-21/h2-3,5-8,13-14,26H,4,9-12,15-18H2,1H3. The van der Waals surface area contributed by atoms with E-state index in [1.54, 1.807) is 6.07 Å². The molecule has 2 aliphatic rings. The Kier molecular flexibility index (Phi) is 5.01. The zero-order valence-corrected chi connectivity index (χ0v) is 15.8. The number of hydrogen-bond acceptors (Lipinski definition) is 3. The quantitative estimate of drug-likeness (QED) is 0.896. The molecule has 2 aromatic carbocycles. The summed E-state index contributed by atoms with van der Waals surface area (Å²) in [5.41, 5.74) is 4.47. The Balaban J connectivity index is 1.38. The van der Waals surface area contributed by atoms with E-state index in [0.717, 1.165) is 13.1 Å². The first kappa shape index (κ1) is 17.6. The first-order chi connectivity index (χ1) is 12.6. The number of benzene rings is 2. The van der Waals surface area contributed by atoms with Crippen LogP contribution in [0.5, 0.6) is 5.75 Å². The Labute approximate surface area is 157 Å². The van der Waals surface area contributed by atoms with Gasteiger partial charge >= 0.3 is 0 Å². The number of rotatable bonds is 4. The number of aryl methyl sites for hydroxylation is 1. The summed E-state index contributed by atoms with van der Waals surface area (Å²) in [5.74, 6) is 0.374. The van der Waals surface area contributed by atoms with E-state index in [1.165, 1.54) is 62.1 Å². The number of hydrogen-bond donors (Lipinski definition) is 1. The minimum atomic E-state index is 0.374. The number of nitrogens with zero attached hydrogens (tertiary/aromatic N) is 2. The molecule has 138 valence electrons. The summed E-state index contributed by atoms with van der Waals surface area (Å²) in [6.07, 6.45) is 3.97. The largest absolute Gasteiger partial charge is 0.508 e. The van der Waals surface area contributed by atoms with Crippen molar-refractivity contribution in [2.24, 2.45) is 5.41 Å². The Morgan fingerprint density at radius 3 is 2.31 bits per heavy atom. The molecule has 2 saturated heterocycles. The second-order valence-electron chi connectivity index (χ2n) is 8.43. The van der Waals surface area contributed by atoms with Crippen molar-refractivity contribution >= 4 is 0 Å². The topological polar surface area (TPSA) is 26.7 Å². The summed E-state index contributed by atoms with van der Waals surface area (Å²) in [4.78, 5) is 5.24. The zero-order chi connectivity index (χ0) is 18.0. The monoisotopic (exact) mass is 350 g/mol. The number of aromatic hydroxyl groups is 1. The summed E-state index contributed by atoms with van der Waals surface area (Å²) in [6.45, 7) is 9.02. The molecule has 0 amide bonds. The van der Waals surface area contributed by atoms with Crippen LogP contribution in [0.3, 0.4) is 0 Å². The molecule has 2 fully saturated rings. The fourth-order valence-corrected chi connectivity index (χ4v) is 4.92. The van der Waals surface area contributed by atoms with Crippen molar-refractivity contribution in [3.63, 3.8) is 0 Å². The van der Waals surface area contributed by atoms with Gasteiger partial charge in [-0.05, 0) is 68.0 Å². The highest BCUT2D eigenvalue weighted by Gasteiger charge is 2.41. The van der Waals surface area contributed by atoms with E-state index in [0.29, 0.717) is 11.2 Å². The summed E-state index contributed by atoms with van der Waals surface area (Å²) in [7, 11) is 0. The van der Waals surface area contributed by atoms with Gasteiger partial charge in [0.2, 0.25) is 0 Å². The SMILES string of the molecule is Cc1cccc(CN2CCCC3(CCN(Cc4cccc(O)c4)C3)C2)c1.